The number of carboxylic acid groups (broad SMARTS) is 1. The molecule has 148 valence electrons. The number of carbonyl (C=O) groups is 1. The maximum absolute atomic E-state index is 10.7. The number of hydrogen-bond acceptors (Lipinski definition) is 4. The molecule has 1 aromatic carbocycles. The number of aromatic nitrogens is 1. The Bertz CT molecular complexity index is 722. The van der Waals surface area contributed by atoms with Crippen LogP contribution in [0.3, 0.4) is 0 Å². The number of aliphatic carboxylic acids is 1. The monoisotopic (exact) mass is 478 g/mol. The summed E-state index contributed by atoms with van der Waals surface area (Å²) in [5.74, 6) is -0.727. The van der Waals surface area contributed by atoms with E-state index in [1.807, 2.05) is 42.5 Å². The number of carboxylic acids is 1. The predicted molar refractivity (Wildman–Crippen MR) is 113 cm³/mol. The fourth-order valence-electron chi connectivity index (χ4n) is 3.40. The number of piperidine rings is 1. The van der Waals surface area contributed by atoms with E-state index in [1.165, 1.54) is 0 Å². The van der Waals surface area contributed by atoms with Gasteiger partial charge in [-0.15, -0.1) is 0 Å². The van der Waals surface area contributed by atoms with Gasteiger partial charge in [-0.25, -0.2) is 0 Å². The fourth-order valence-corrected chi connectivity index (χ4v) is 3.53. The van der Waals surface area contributed by atoms with Gasteiger partial charge in [-0.2, -0.15) is 0 Å². The SMILES string of the molecule is O=C(O)CCCN1CCC(O[C@@H](c2ccc(Cl)cc2)c2ccccn2)CC1.[SrH2]. The third-order valence-corrected chi connectivity index (χ3v) is 5.11. The van der Waals surface area contributed by atoms with Crippen LogP contribution in [0.2, 0.25) is 5.02 Å². The van der Waals surface area contributed by atoms with Gasteiger partial charge in [0.05, 0.1) is 11.8 Å². The van der Waals surface area contributed by atoms with Gasteiger partial charge in [0.25, 0.3) is 0 Å². The molecule has 0 unspecified atom stereocenters. The van der Waals surface area contributed by atoms with E-state index in [0.717, 1.165) is 43.7 Å². The summed E-state index contributed by atoms with van der Waals surface area (Å²) in [6.07, 6.45) is 4.52. The summed E-state index contributed by atoms with van der Waals surface area (Å²) in [4.78, 5) is 17.5. The normalized spacial score (nSPS) is 16.3. The summed E-state index contributed by atoms with van der Waals surface area (Å²) < 4.78 is 6.47. The Kier molecular flexibility index (Phi) is 10.4. The van der Waals surface area contributed by atoms with E-state index in [0.29, 0.717) is 11.4 Å². The summed E-state index contributed by atoms with van der Waals surface area (Å²) in [5, 5.41) is 9.47. The molecule has 1 saturated heterocycles. The molecule has 2 heterocycles. The second-order valence-corrected chi connectivity index (χ2v) is 7.30. The van der Waals surface area contributed by atoms with Crippen LogP contribution in [0.5, 0.6) is 0 Å². The number of ether oxygens (including phenoxy) is 1. The summed E-state index contributed by atoms with van der Waals surface area (Å²) in [5.41, 5.74) is 1.94. The van der Waals surface area contributed by atoms with Gasteiger partial charge in [0.15, 0.2) is 0 Å². The first kappa shape index (κ1) is 23.8. The number of benzene rings is 1. The topological polar surface area (TPSA) is 62.7 Å². The van der Waals surface area contributed by atoms with Crippen molar-refractivity contribution in [1.82, 2.24) is 9.88 Å². The van der Waals surface area contributed by atoms with Crippen molar-refractivity contribution in [1.29, 1.82) is 0 Å². The van der Waals surface area contributed by atoms with Crippen LogP contribution >= 0.6 is 11.6 Å². The summed E-state index contributed by atoms with van der Waals surface area (Å²) in [7, 11) is 0. The van der Waals surface area contributed by atoms with Crippen LogP contribution in [-0.4, -0.2) is 92.2 Å². The number of hydrogen-bond donors (Lipinski definition) is 1. The van der Waals surface area contributed by atoms with Gasteiger partial charge in [0, 0.05) is 30.7 Å². The molecule has 28 heavy (non-hydrogen) atoms. The molecule has 0 aliphatic carbocycles. The molecule has 0 saturated carbocycles. The molecular weight excluding hydrogens is 451 g/mol. The summed E-state index contributed by atoms with van der Waals surface area (Å²) in [6, 6.07) is 13.6. The first-order valence-electron chi connectivity index (χ1n) is 9.38. The molecule has 1 fully saturated rings. The molecule has 3 rings (SSSR count). The molecule has 1 aliphatic rings. The number of rotatable bonds is 8. The standard InChI is InChI=1S/C21H25ClN2O3.Sr.2H/c22-17-8-6-16(7-9-17)21(19-4-1-2-12-23-19)27-18-10-14-24(15-11-18)13-3-5-20(25)26;;;/h1-2,4,6-9,12,18,21H,3,5,10-11,13-15H2,(H,25,26);;;/t21-;;;/m0.../s1. The van der Waals surface area contributed by atoms with E-state index < -0.39 is 5.97 Å². The second-order valence-electron chi connectivity index (χ2n) is 6.86. The number of likely N-dealkylation sites (tertiary alicyclic amines) is 1. The fraction of sp³-hybridized carbons (Fsp3) is 0.429. The van der Waals surface area contributed by atoms with Gasteiger partial charge < -0.3 is 14.7 Å². The Labute approximate surface area is 208 Å². The van der Waals surface area contributed by atoms with Crippen molar-refractivity contribution in [3.05, 3.63) is 64.9 Å². The van der Waals surface area contributed by atoms with E-state index in [2.05, 4.69) is 9.88 Å². The van der Waals surface area contributed by atoms with Crippen LogP contribution in [0.15, 0.2) is 48.7 Å². The quantitative estimate of drug-likeness (QED) is 0.591. The first-order chi connectivity index (χ1) is 13.1. The van der Waals surface area contributed by atoms with Crippen molar-refractivity contribution in [2.45, 2.75) is 37.9 Å². The third kappa shape index (κ3) is 7.41. The Morgan fingerprint density at radius 3 is 2.54 bits per heavy atom. The van der Waals surface area contributed by atoms with E-state index in [-0.39, 0.29) is 64.1 Å². The van der Waals surface area contributed by atoms with Crippen LogP contribution in [-0.2, 0) is 9.53 Å². The number of halogens is 1. The Morgan fingerprint density at radius 1 is 1.21 bits per heavy atom. The van der Waals surface area contributed by atoms with Crippen molar-refractivity contribution < 1.29 is 14.6 Å². The number of pyridine rings is 1. The van der Waals surface area contributed by atoms with Gasteiger partial charge in [-0.1, -0.05) is 29.8 Å². The van der Waals surface area contributed by atoms with Gasteiger partial charge in [-0.3, -0.25) is 9.78 Å². The van der Waals surface area contributed by atoms with Gasteiger partial charge >= 0.3 is 51.5 Å². The molecule has 2 aromatic rings. The molecule has 0 bridgehead atoms. The van der Waals surface area contributed by atoms with Crippen LogP contribution in [0.1, 0.15) is 43.0 Å². The average Bonchev–Trinajstić information content (AvgIpc) is 2.68. The van der Waals surface area contributed by atoms with Crippen LogP contribution in [0, 0.1) is 0 Å². The first-order valence-corrected chi connectivity index (χ1v) is 9.75. The van der Waals surface area contributed by atoms with Crippen LogP contribution in [0.4, 0.5) is 0 Å². The molecule has 1 N–H and O–H groups in total. The maximum atomic E-state index is 10.7. The Hall–Kier alpha value is -0.469. The van der Waals surface area contributed by atoms with Crippen molar-refractivity contribution in [2.24, 2.45) is 0 Å². The molecule has 1 aromatic heterocycles. The molecule has 0 spiro atoms. The molecule has 0 amide bonds. The minimum absolute atomic E-state index is 0. The van der Waals surface area contributed by atoms with E-state index >= 15 is 0 Å². The predicted octanol–water partition coefficient (Wildman–Crippen LogP) is 3.25. The van der Waals surface area contributed by atoms with Gasteiger partial charge in [0.2, 0.25) is 0 Å². The zero-order valence-electron chi connectivity index (χ0n) is 15.3. The van der Waals surface area contributed by atoms with E-state index in [9.17, 15) is 4.79 Å². The van der Waals surface area contributed by atoms with E-state index in [4.69, 9.17) is 21.4 Å². The van der Waals surface area contributed by atoms with Crippen molar-refractivity contribution in [2.75, 3.05) is 19.6 Å². The Morgan fingerprint density at radius 2 is 1.93 bits per heavy atom. The molecule has 1 aliphatic heterocycles. The van der Waals surface area contributed by atoms with Gasteiger partial charge in [-0.05, 0) is 55.6 Å². The molecular formula is C21H27ClN2O3Sr. The van der Waals surface area contributed by atoms with Crippen LogP contribution < -0.4 is 0 Å². The second kappa shape index (κ2) is 12.3. The van der Waals surface area contributed by atoms with Crippen molar-refractivity contribution >= 4 is 63.1 Å². The molecule has 7 heteroatoms. The minimum atomic E-state index is -0.727. The van der Waals surface area contributed by atoms with Gasteiger partial charge in [0.1, 0.15) is 6.10 Å². The third-order valence-electron chi connectivity index (χ3n) is 4.86. The summed E-state index contributed by atoms with van der Waals surface area (Å²) >= 11 is 6.03. The molecule has 0 radical (unpaired) electrons. The van der Waals surface area contributed by atoms with Crippen molar-refractivity contribution in [3.8, 4) is 0 Å². The average molecular weight is 479 g/mol. The molecule has 1 atom stereocenters. The zero-order valence-corrected chi connectivity index (χ0v) is 16.0. The van der Waals surface area contributed by atoms with E-state index in [1.54, 1.807) is 6.20 Å². The zero-order chi connectivity index (χ0) is 19.1. The van der Waals surface area contributed by atoms with Crippen molar-refractivity contribution in [3.63, 3.8) is 0 Å². The summed E-state index contributed by atoms with van der Waals surface area (Å²) in [6.45, 7) is 2.69. The Balaban J connectivity index is 0.00000280. The molecule has 5 nitrogen and oxygen atoms in total. The van der Waals surface area contributed by atoms with Crippen LogP contribution in [0.25, 0.3) is 0 Å². The number of nitrogens with zero attached hydrogens (tertiary/aromatic N) is 2.